The lowest BCUT2D eigenvalue weighted by Crippen LogP contribution is -2.49. The highest BCUT2D eigenvalue weighted by molar-refractivity contribution is 5.78. The van der Waals surface area contributed by atoms with Crippen molar-refractivity contribution < 1.29 is 9.53 Å². The number of ether oxygens (including phenoxy) is 1. The molecule has 0 unspecified atom stereocenters. The van der Waals surface area contributed by atoms with Crippen molar-refractivity contribution in [3.8, 4) is 6.07 Å². The van der Waals surface area contributed by atoms with Crippen LogP contribution < -0.4 is 5.32 Å². The van der Waals surface area contributed by atoms with Gasteiger partial charge in [0.15, 0.2) is 0 Å². The second-order valence-electron chi connectivity index (χ2n) is 4.65. The molecule has 0 aromatic heterocycles. The van der Waals surface area contributed by atoms with E-state index in [-0.39, 0.29) is 12.5 Å². The number of nitrogens with one attached hydrogen (secondary N) is 1. The average molecular weight is 238 g/mol. The van der Waals surface area contributed by atoms with Crippen LogP contribution in [0, 0.1) is 11.3 Å². The molecule has 1 aliphatic carbocycles. The Morgan fingerprint density at radius 1 is 1.29 bits per heavy atom. The molecule has 4 nitrogen and oxygen atoms in total. The maximum absolute atomic E-state index is 11.6. The summed E-state index contributed by atoms with van der Waals surface area (Å²) < 4.78 is 5.06. The highest BCUT2D eigenvalue weighted by atomic mass is 16.5. The van der Waals surface area contributed by atoms with E-state index in [1.807, 2.05) is 6.92 Å². The smallest absolute Gasteiger partial charge is 0.247 e. The van der Waals surface area contributed by atoms with Crippen LogP contribution in [-0.2, 0) is 9.53 Å². The van der Waals surface area contributed by atoms with Crippen LogP contribution in [0.1, 0.15) is 51.9 Å². The Bertz CT molecular complexity index is 276. The summed E-state index contributed by atoms with van der Waals surface area (Å²) in [6.45, 7) is 2.43. The molecule has 1 saturated carbocycles. The van der Waals surface area contributed by atoms with Crippen LogP contribution >= 0.6 is 0 Å². The van der Waals surface area contributed by atoms with E-state index in [0.29, 0.717) is 6.61 Å². The van der Waals surface area contributed by atoms with Gasteiger partial charge in [0.2, 0.25) is 5.91 Å². The van der Waals surface area contributed by atoms with Crippen molar-refractivity contribution in [3.63, 3.8) is 0 Å². The van der Waals surface area contributed by atoms with E-state index in [4.69, 9.17) is 4.74 Å². The van der Waals surface area contributed by atoms with E-state index in [1.54, 1.807) is 0 Å². The molecule has 1 aliphatic rings. The van der Waals surface area contributed by atoms with Gasteiger partial charge in [-0.25, -0.2) is 0 Å². The van der Waals surface area contributed by atoms with Gasteiger partial charge in [-0.15, -0.1) is 0 Å². The quantitative estimate of drug-likeness (QED) is 0.816. The second kappa shape index (κ2) is 7.29. The molecule has 0 aromatic rings. The van der Waals surface area contributed by atoms with Gasteiger partial charge in [-0.1, -0.05) is 32.1 Å². The molecule has 17 heavy (non-hydrogen) atoms. The van der Waals surface area contributed by atoms with Crippen LogP contribution in [0.15, 0.2) is 0 Å². The minimum atomic E-state index is -0.658. The summed E-state index contributed by atoms with van der Waals surface area (Å²) in [7, 11) is 0. The third kappa shape index (κ3) is 4.74. The van der Waals surface area contributed by atoms with Crippen molar-refractivity contribution in [3.05, 3.63) is 0 Å². The topological polar surface area (TPSA) is 62.1 Å². The first kappa shape index (κ1) is 14.0. The number of hydrogen-bond acceptors (Lipinski definition) is 3. The Balaban J connectivity index is 2.53. The van der Waals surface area contributed by atoms with Gasteiger partial charge in [-0.3, -0.25) is 4.79 Å². The van der Waals surface area contributed by atoms with Crippen LogP contribution in [0.2, 0.25) is 0 Å². The predicted molar refractivity (Wildman–Crippen MR) is 65.3 cm³/mol. The fraction of sp³-hybridized carbons (Fsp3) is 0.846. The summed E-state index contributed by atoms with van der Waals surface area (Å²) in [5.41, 5.74) is -0.658. The normalized spacial score (nSPS) is 19.8. The molecule has 0 bridgehead atoms. The molecule has 1 fully saturated rings. The fourth-order valence-electron chi connectivity index (χ4n) is 2.27. The molecule has 1 N–H and O–H groups in total. The zero-order valence-electron chi connectivity index (χ0n) is 10.6. The minimum Gasteiger partial charge on any atom is -0.372 e. The lowest BCUT2D eigenvalue weighted by atomic mass is 9.85. The minimum absolute atomic E-state index is 0.0555. The number of amides is 1. The number of rotatable bonds is 4. The predicted octanol–water partition coefficient (Wildman–Crippen LogP) is 2.15. The molecule has 1 rings (SSSR count). The van der Waals surface area contributed by atoms with Gasteiger partial charge in [0.25, 0.3) is 0 Å². The number of hydrogen-bond donors (Lipinski definition) is 1. The van der Waals surface area contributed by atoms with E-state index in [1.165, 1.54) is 6.42 Å². The first-order valence-electron chi connectivity index (χ1n) is 6.52. The van der Waals surface area contributed by atoms with Crippen LogP contribution in [0.4, 0.5) is 0 Å². The highest BCUT2D eigenvalue weighted by Crippen LogP contribution is 2.25. The summed E-state index contributed by atoms with van der Waals surface area (Å²) in [6.07, 6.45) is 7.12. The van der Waals surface area contributed by atoms with Crippen LogP contribution in [0.5, 0.6) is 0 Å². The molecule has 0 atom stereocenters. The Labute approximate surface area is 103 Å². The molecule has 0 aliphatic heterocycles. The SMILES string of the molecule is CCOCC(=O)NC1(C#N)CCCCCCC1. The first-order chi connectivity index (χ1) is 8.22. The molecule has 0 saturated heterocycles. The average Bonchev–Trinajstić information content (AvgIpc) is 2.30. The van der Waals surface area contributed by atoms with E-state index >= 15 is 0 Å². The molecule has 0 aromatic carbocycles. The van der Waals surface area contributed by atoms with Gasteiger partial charge in [0, 0.05) is 6.61 Å². The number of carbonyl (C=O) groups is 1. The van der Waals surface area contributed by atoms with Gasteiger partial charge in [-0.05, 0) is 19.8 Å². The maximum Gasteiger partial charge on any atom is 0.247 e. The summed E-state index contributed by atoms with van der Waals surface area (Å²) in [4.78, 5) is 11.6. The monoisotopic (exact) mass is 238 g/mol. The maximum atomic E-state index is 11.6. The summed E-state index contributed by atoms with van der Waals surface area (Å²) >= 11 is 0. The summed E-state index contributed by atoms with van der Waals surface area (Å²) in [6, 6.07) is 2.31. The van der Waals surface area contributed by atoms with Gasteiger partial charge in [-0.2, -0.15) is 5.26 Å². The standard InChI is InChI=1S/C13H22N2O2/c1-2-17-10-12(16)15-13(11-14)8-6-4-3-5-7-9-13/h2-10H2,1H3,(H,15,16). The second-order valence-corrected chi connectivity index (χ2v) is 4.65. The van der Waals surface area contributed by atoms with Crippen molar-refractivity contribution in [1.82, 2.24) is 5.32 Å². The van der Waals surface area contributed by atoms with Crippen molar-refractivity contribution >= 4 is 5.91 Å². The van der Waals surface area contributed by atoms with Crippen molar-refractivity contribution in [1.29, 1.82) is 5.26 Å². The van der Waals surface area contributed by atoms with Crippen molar-refractivity contribution in [2.45, 2.75) is 57.4 Å². The Kier molecular flexibility index (Phi) is 5.99. The van der Waals surface area contributed by atoms with E-state index < -0.39 is 5.54 Å². The Morgan fingerprint density at radius 3 is 2.41 bits per heavy atom. The molecular weight excluding hydrogens is 216 g/mol. The Morgan fingerprint density at radius 2 is 1.88 bits per heavy atom. The Hall–Kier alpha value is -1.08. The zero-order chi connectivity index (χ0) is 12.6. The number of nitriles is 1. The first-order valence-corrected chi connectivity index (χ1v) is 6.52. The molecule has 4 heteroatoms. The van der Waals surface area contributed by atoms with Crippen LogP contribution in [-0.4, -0.2) is 24.7 Å². The van der Waals surface area contributed by atoms with E-state index in [9.17, 15) is 10.1 Å². The van der Waals surface area contributed by atoms with Gasteiger partial charge in [0.1, 0.15) is 12.1 Å². The number of carbonyl (C=O) groups excluding carboxylic acids is 1. The third-order valence-electron chi connectivity index (χ3n) is 3.24. The van der Waals surface area contributed by atoms with Gasteiger partial charge < -0.3 is 10.1 Å². The molecule has 0 spiro atoms. The van der Waals surface area contributed by atoms with Crippen LogP contribution in [0.3, 0.4) is 0 Å². The lowest BCUT2D eigenvalue weighted by molar-refractivity contribution is -0.127. The molecule has 0 radical (unpaired) electrons. The molecular formula is C13H22N2O2. The highest BCUT2D eigenvalue weighted by Gasteiger charge is 2.31. The van der Waals surface area contributed by atoms with E-state index in [0.717, 1.165) is 38.5 Å². The van der Waals surface area contributed by atoms with Crippen LogP contribution in [0.25, 0.3) is 0 Å². The lowest BCUT2D eigenvalue weighted by Gasteiger charge is -2.29. The van der Waals surface area contributed by atoms with Crippen molar-refractivity contribution in [2.24, 2.45) is 0 Å². The summed E-state index contributed by atoms with van der Waals surface area (Å²) in [5, 5.41) is 12.2. The van der Waals surface area contributed by atoms with Gasteiger partial charge in [0.05, 0.1) is 6.07 Å². The molecule has 0 heterocycles. The van der Waals surface area contributed by atoms with Crippen molar-refractivity contribution in [2.75, 3.05) is 13.2 Å². The van der Waals surface area contributed by atoms with E-state index in [2.05, 4.69) is 11.4 Å². The number of nitrogens with zero attached hydrogens (tertiary/aromatic N) is 1. The molecule has 1 amide bonds. The zero-order valence-corrected chi connectivity index (χ0v) is 10.6. The largest absolute Gasteiger partial charge is 0.372 e. The fourth-order valence-corrected chi connectivity index (χ4v) is 2.27. The third-order valence-corrected chi connectivity index (χ3v) is 3.24. The summed E-state index contributed by atoms with van der Waals surface area (Å²) in [5.74, 6) is -0.172. The molecule has 96 valence electrons. The van der Waals surface area contributed by atoms with Gasteiger partial charge >= 0.3 is 0 Å².